The summed E-state index contributed by atoms with van der Waals surface area (Å²) in [6.07, 6.45) is 24.6. The molecule has 208 valence electrons. The Morgan fingerprint density at radius 1 is 0.543 bits per heavy atom. The normalized spacial score (nSPS) is 15.7. The van der Waals surface area contributed by atoms with Crippen LogP contribution in [-0.4, -0.2) is 48.2 Å². The molecule has 0 radical (unpaired) electrons. The summed E-state index contributed by atoms with van der Waals surface area (Å²) in [5, 5.41) is 19.5. The zero-order valence-electron chi connectivity index (χ0n) is 23.5. The lowest BCUT2D eigenvalue weighted by molar-refractivity contribution is -0.167. The molecule has 4 unspecified atom stereocenters. The van der Waals surface area contributed by atoms with Gasteiger partial charge in [-0.3, -0.25) is 0 Å². The van der Waals surface area contributed by atoms with Gasteiger partial charge in [0.1, 0.15) is 13.6 Å². The second kappa shape index (κ2) is 26.3. The number of aliphatic hydroxyl groups is 2. The van der Waals surface area contributed by atoms with Crippen molar-refractivity contribution in [3.63, 3.8) is 0 Å². The highest BCUT2D eigenvalue weighted by Crippen LogP contribution is 2.16. The maximum atomic E-state index is 9.76. The zero-order chi connectivity index (χ0) is 26.0. The molecule has 0 spiro atoms. The van der Waals surface area contributed by atoms with Crippen molar-refractivity contribution in [2.24, 2.45) is 0 Å². The van der Waals surface area contributed by atoms with E-state index in [1.54, 1.807) is 0 Å². The Balaban J connectivity index is 4.34. The molecule has 5 nitrogen and oxygen atoms in total. The minimum atomic E-state index is -0.176. The first-order chi connectivity index (χ1) is 17.1. The van der Waals surface area contributed by atoms with Gasteiger partial charge in [-0.1, -0.05) is 77.7 Å². The summed E-state index contributed by atoms with van der Waals surface area (Å²) in [6, 6.07) is 0. The largest absolute Gasteiger partial charge is 0.393 e. The van der Waals surface area contributed by atoms with Crippen molar-refractivity contribution in [3.8, 4) is 0 Å². The van der Waals surface area contributed by atoms with Gasteiger partial charge in [0.25, 0.3) is 0 Å². The molecule has 0 aliphatic heterocycles. The highest BCUT2D eigenvalue weighted by atomic mass is 16.7. The molecule has 5 heteroatoms. The van der Waals surface area contributed by atoms with Crippen molar-refractivity contribution in [1.29, 1.82) is 0 Å². The predicted octanol–water partition coefficient (Wildman–Crippen LogP) is 7.84. The van der Waals surface area contributed by atoms with Crippen molar-refractivity contribution >= 4 is 0 Å². The van der Waals surface area contributed by atoms with Crippen molar-refractivity contribution in [1.82, 2.24) is 0 Å². The molecule has 0 aromatic rings. The summed E-state index contributed by atoms with van der Waals surface area (Å²) in [5.41, 5.74) is 0. The predicted molar refractivity (Wildman–Crippen MR) is 147 cm³/mol. The first kappa shape index (κ1) is 34.3. The lowest BCUT2D eigenvalue weighted by Crippen LogP contribution is -2.19. The quantitative estimate of drug-likeness (QED) is 0.0722. The Morgan fingerprint density at radius 2 is 0.943 bits per heavy atom. The molecule has 0 heterocycles. The van der Waals surface area contributed by atoms with Crippen LogP contribution in [0.2, 0.25) is 0 Å². The Morgan fingerprint density at radius 3 is 1.31 bits per heavy atom. The zero-order valence-corrected chi connectivity index (χ0v) is 23.5. The molecule has 0 aliphatic carbocycles. The van der Waals surface area contributed by atoms with Crippen LogP contribution in [0.3, 0.4) is 0 Å². The molecule has 35 heavy (non-hydrogen) atoms. The molecule has 0 rings (SSSR count). The summed E-state index contributed by atoms with van der Waals surface area (Å²) in [6.45, 7) is 8.87. The van der Waals surface area contributed by atoms with Crippen LogP contribution in [0.15, 0.2) is 24.3 Å². The number of allylic oxidation sites excluding steroid dienone is 4. The fourth-order valence-corrected chi connectivity index (χ4v) is 3.99. The smallest absolute Gasteiger partial charge is 0.149 e. The third kappa shape index (κ3) is 23.4. The molecular formula is C30H58O5. The lowest BCUT2D eigenvalue weighted by atomic mass is 10.0. The van der Waals surface area contributed by atoms with Gasteiger partial charge in [0, 0.05) is 0 Å². The molecule has 2 N–H and O–H groups in total. The van der Waals surface area contributed by atoms with E-state index >= 15 is 0 Å². The van der Waals surface area contributed by atoms with E-state index in [9.17, 15) is 10.2 Å². The van der Waals surface area contributed by atoms with Crippen LogP contribution in [0.25, 0.3) is 0 Å². The van der Waals surface area contributed by atoms with E-state index in [1.165, 1.54) is 0 Å². The third-order valence-corrected chi connectivity index (χ3v) is 6.46. The van der Waals surface area contributed by atoms with Gasteiger partial charge in [-0.15, -0.1) is 0 Å². The van der Waals surface area contributed by atoms with E-state index < -0.39 is 0 Å². The SMILES string of the molecule is CCC=CCCC(CCCCC(O)CC)OCOCOC(CCC=CCC)CCCCC(O)CC. The minimum Gasteiger partial charge on any atom is -0.393 e. The fourth-order valence-electron chi connectivity index (χ4n) is 3.99. The molecule has 0 fully saturated rings. The number of unbranched alkanes of at least 4 members (excludes halogenated alkanes) is 2. The molecule has 0 aromatic carbocycles. The monoisotopic (exact) mass is 498 g/mol. The highest BCUT2D eigenvalue weighted by molar-refractivity contribution is 4.82. The highest BCUT2D eigenvalue weighted by Gasteiger charge is 2.12. The number of aliphatic hydroxyl groups excluding tert-OH is 2. The molecule has 0 amide bonds. The van der Waals surface area contributed by atoms with E-state index in [2.05, 4.69) is 38.2 Å². The van der Waals surface area contributed by atoms with Crippen molar-refractivity contribution < 1.29 is 24.4 Å². The van der Waals surface area contributed by atoms with Gasteiger partial charge in [-0.25, -0.2) is 0 Å². The van der Waals surface area contributed by atoms with Crippen LogP contribution in [0.5, 0.6) is 0 Å². The second-order valence-corrected chi connectivity index (χ2v) is 9.62. The first-order valence-corrected chi connectivity index (χ1v) is 14.5. The minimum absolute atomic E-state index is 0.176. The Bertz CT molecular complexity index is 437. The average molecular weight is 499 g/mol. The van der Waals surface area contributed by atoms with Crippen LogP contribution in [0.1, 0.15) is 130 Å². The van der Waals surface area contributed by atoms with Gasteiger partial charge < -0.3 is 24.4 Å². The van der Waals surface area contributed by atoms with E-state index in [0.29, 0.717) is 0 Å². The van der Waals surface area contributed by atoms with Crippen molar-refractivity contribution in [2.45, 2.75) is 155 Å². The first-order valence-electron chi connectivity index (χ1n) is 14.5. The van der Waals surface area contributed by atoms with Crippen molar-refractivity contribution in [3.05, 3.63) is 24.3 Å². The lowest BCUT2D eigenvalue weighted by Gasteiger charge is -2.20. The topological polar surface area (TPSA) is 68.2 Å². The summed E-state index contributed by atoms with van der Waals surface area (Å²) in [5.74, 6) is 0. The maximum Gasteiger partial charge on any atom is 0.149 e. The van der Waals surface area contributed by atoms with Crippen LogP contribution in [0, 0.1) is 0 Å². The third-order valence-electron chi connectivity index (χ3n) is 6.46. The number of hydrogen-bond acceptors (Lipinski definition) is 5. The Kier molecular flexibility index (Phi) is 25.8. The van der Waals surface area contributed by atoms with Gasteiger partial charge in [0.2, 0.25) is 0 Å². The Hall–Kier alpha value is -0.720. The molecule has 4 atom stereocenters. The Labute approximate surface area is 217 Å². The summed E-state index contributed by atoms with van der Waals surface area (Å²) in [7, 11) is 0. The van der Waals surface area contributed by atoms with Crippen LogP contribution in [0.4, 0.5) is 0 Å². The average Bonchev–Trinajstić information content (AvgIpc) is 2.87. The summed E-state index contributed by atoms with van der Waals surface area (Å²) < 4.78 is 17.8. The number of ether oxygens (including phenoxy) is 3. The second-order valence-electron chi connectivity index (χ2n) is 9.62. The van der Waals surface area contributed by atoms with E-state index in [-0.39, 0.29) is 38.0 Å². The summed E-state index contributed by atoms with van der Waals surface area (Å²) >= 11 is 0. The van der Waals surface area contributed by atoms with Gasteiger partial charge in [0.05, 0.1) is 24.4 Å². The molecular weight excluding hydrogens is 440 g/mol. The molecule has 0 aliphatic rings. The number of rotatable bonds is 26. The van der Waals surface area contributed by atoms with Gasteiger partial charge >= 0.3 is 0 Å². The van der Waals surface area contributed by atoms with Crippen molar-refractivity contribution in [2.75, 3.05) is 13.6 Å². The van der Waals surface area contributed by atoms with Crippen LogP contribution >= 0.6 is 0 Å². The van der Waals surface area contributed by atoms with E-state index in [1.807, 2.05) is 13.8 Å². The standard InChI is InChI=1S/C30H58O5/c1-5-9-11-13-21-29(23-17-15-19-27(31)7-3)34-25-33-26-35-30(22-14-12-10-6-2)24-18-16-20-28(32)8-4/h9-12,27-32H,5-8,13-26H2,1-4H3. The molecule has 0 aromatic heterocycles. The molecule has 0 bridgehead atoms. The van der Waals surface area contributed by atoms with E-state index in [4.69, 9.17) is 14.2 Å². The molecule has 0 saturated heterocycles. The van der Waals surface area contributed by atoms with Gasteiger partial charge in [-0.05, 0) is 77.0 Å². The summed E-state index contributed by atoms with van der Waals surface area (Å²) in [4.78, 5) is 0. The number of hydrogen-bond donors (Lipinski definition) is 2. The van der Waals surface area contributed by atoms with Crippen LogP contribution < -0.4 is 0 Å². The fraction of sp³-hybridized carbons (Fsp3) is 0.867. The maximum absolute atomic E-state index is 9.76. The van der Waals surface area contributed by atoms with Gasteiger partial charge in [-0.2, -0.15) is 0 Å². The van der Waals surface area contributed by atoms with E-state index in [0.717, 1.165) is 103 Å². The van der Waals surface area contributed by atoms with Crippen LogP contribution in [-0.2, 0) is 14.2 Å². The molecule has 0 saturated carbocycles. The van der Waals surface area contributed by atoms with Gasteiger partial charge in [0.15, 0.2) is 0 Å².